The molecule has 0 saturated heterocycles. The Morgan fingerprint density at radius 1 is 1.50 bits per heavy atom. The lowest BCUT2D eigenvalue weighted by Crippen LogP contribution is -2.33. The second kappa shape index (κ2) is 2.37. The van der Waals surface area contributed by atoms with Crippen molar-refractivity contribution >= 4 is 22.8 Å². The summed E-state index contributed by atoms with van der Waals surface area (Å²) in [6.07, 6.45) is 0. The van der Waals surface area contributed by atoms with Gasteiger partial charge in [0.05, 0.1) is 0 Å². The lowest BCUT2D eigenvalue weighted by Gasteiger charge is -2.08. The normalized spacial score (nSPS) is 24.0. The molecule has 1 unspecified atom stereocenters. The topological polar surface area (TPSA) is 71.0 Å². The molecule has 5 nitrogen and oxygen atoms in total. The Morgan fingerprint density at radius 3 is 2.30 bits per heavy atom. The molecule has 0 aromatic heterocycles. The first-order valence-electron chi connectivity index (χ1n) is 2.64. The molecule has 0 spiro atoms. The highest BCUT2D eigenvalue weighted by Gasteiger charge is 2.16. The second-order valence-electron chi connectivity index (χ2n) is 2.02. The Bertz CT molecular complexity index is 231. The molecule has 0 fully saturated rings. The van der Waals surface area contributed by atoms with Crippen LogP contribution in [-0.2, 0) is 11.2 Å². The Hall–Kier alpha value is -0.910. The molecular formula is C4H8N4OS. The van der Waals surface area contributed by atoms with Crippen LogP contribution in [0.1, 0.15) is 0 Å². The van der Waals surface area contributed by atoms with Crippen molar-refractivity contribution in [3.05, 3.63) is 0 Å². The third kappa shape index (κ3) is 1.15. The molecule has 6 heteroatoms. The maximum Gasteiger partial charge on any atom is 0.269 e. The number of rotatable bonds is 0. The number of hydrogen-bond donors (Lipinski definition) is 1. The maximum atomic E-state index is 10.6. The second-order valence-corrected chi connectivity index (χ2v) is 2.84. The van der Waals surface area contributed by atoms with Gasteiger partial charge in [-0.25, -0.2) is 4.21 Å². The third-order valence-electron chi connectivity index (χ3n) is 0.994. The van der Waals surface area contributed by atoms with Crippen LogP contribution in [0.3, 0.4) is 0 Å². The third-order valence-corrected chi connectivity index (χ3v) is 1.68. The minimum absolute atomic E-state index is 0.239. The molecule has 1 heterocycles. The molecule has 2 N–H and O–H groups in total. The summed E-state index contributed by atoms with van der Waals surface area (Å²) in [5, 5.41) is 0. The minimum atomic E-state index is -1.49. The van der Waals surface area contributed by atoms with Crippen LogP contribution in [0, 0.1) is 0 Å². The fourth-order valence-electron chi connectivity index (χ4n) is 0.577. The first kappa shape index (κ1) is 7.20. The molecule has 0 bridgehead atoms. The van der Waals surface area contributed by atoms with Gasteiger partial charge in [0.1, 0.15) is 0 Å². The van der Waals surface area contributed by atoms with E-state index in [2.05, 4.69) is 8.80 Å². The van der Waals surface area contributed by atoms with Gasteiger partial charge in [-0.3, -0.25) is 0 Å². The predicted octanol–water partition coefficient (Wildman–Crippen LogP) is -1.10. The van der Waals surface area contributed by atoms with E-state index in [-0.39, 0.29) is 5.84 Å². The Morgan fingerprint density at radius 2 is 2.10 bits per heavy atom. The van der Waals surface area contributed by atoms with E-state index in [9.17, 15) is 4.21 Å². The number of nitrogens with zero attached hydrogens (tertiary/aromatic N) is 3. The fourth-order valence-corrected chi connectivity index (χ4v) is 1.27. The standard InChI is InChI=1S/C4H8N4OS/c1-8(2)4-3(5)6-10(9)7-4/h1-2H3,(H2,5,6). The molecule has 1 rings (SSSR count). The van der Waals surface area contributed by atoms with Crippen molar-refractivity contribution < 1.29 is 4.21 Å². The van der Waals surface area contributed by atoms with Gasteiger partial charge in [0.25, 0.3) is 11.2 Å². The van der Waals surface area contributed by atoms with Gasteiger partial charge in [-0.1, -0.05) is 0 Å². The van der Waals surface area contributed by atoms with Crippen molar-refractivity contribution in [1.82, 2.24) is 4.90 Å². The van der Waals surface area contributed by atoms with Crippen molar-refractivity contribution in [1.29, 1.82) is 0 Å². The summed E-state index contributed by atoms with van der Waals surface area (Å²) < 4.78 is 17.8. The Kier molecular flexibility index (Phi) is 1.71. The number of nitrogens with two attached hydrogens (primary N) is 1. The molecule has 0 aliphatic carbocycles. The summed E-state index contributed by atoms with van der Waals surface area (Å²) >= 11 is -1.49. The van der Waals surface area contributed by atoms with E-state index in [0.717, 1.165) is 0 Å². The minimum Gasteiger partial charge on any atom is -0.380 e. The zero-order chi connectivity index (χ0) is 7.72. The summed E-state index contributed by atoms with van der Waals surface area (Å²) in [6, 6.07) is 0. The van der Waals surface area contributed by atoms with E-state index in [1.165, 1.54) is 0 Å². The summed E-state index contributed by atoms with van der Waals surface area (Å²) in [4.78, 5) is 1.67. The van der Waals surface area contributed by atoms with E-state index >= 15 is 0 Å². The smallest absolute Gasteiger partial charge is 0.269 e. The monoisotopic (exact) mass is 160 g/mol. The maximum absolute atomic E-state index is 10.6. The molecule has 10 heavy (non-hydrogen) atoms. The van der Waals surface area contributed by atoms with Crippen molar-refractivity contribution in [2.45, 2.75) is 0 Å². The highest BCUT2D eigenvalue weighted by Crippen LogP contribution is 2.00. The van der Waals surface area contributed by atoms with Gasteiger partial charge >= 0.3 is 0 Å². The quantitative estimate of drug-likeness (QED) is 0.488. The van der Waals surface area contributed by atoms with E-state index in [0.29, 0.717) is 5.84 Å². The van der Waals surface area contributed by atoms with Gasteiger partial charge in [0, 0.05) is 14.1 Å². The van der Waals surface area contributed by atoms with Crippen LogP contribution in [0.4, 0.5) is 0 Å². The van der Waals surface area contributed by atoms with E-state index in [1.54, 1.807) is 19.0 Å². The SMILES string of the molecule is CN(C)C1=NS(=O)N=C1N. The summed E-state index contributed by atoms with van der Waals surface area (Å²) in [5.74, 6) is 0.724. The molecule has 0 saturated carbocycles. The molecule has 0 amide bonds. The number of amidine groups is 2. The average molecular weight is 160 g/mol. The van der Waals surface area contributed by atoms with E-state index in [4.69, 9.17) is 5.73 Å². The van der Waals surface area contributed by atoms with Crippen molar-refractivity contribution in [2.75, 3.05) is 14.1 Å². The summed E-state index contributed by atoms with van der Waals surface area (Å²) in [7, 11) is 3.54. The summed E-state index contributed by atoms with van der Waals surface area (Å²) in [6.45, 7) is 0. The van der Waals surface area contributed by atoms with Crippen LogP contribution < -0.4 is 5.73 Å². The highest BCUT2D eigenvalue weighted by molar-refractivity contribution is 7.83. The van der Waals surface area contributed by atoms with E-state index in [1.807, 2.05) is 0 Å². The zero-order valence-electron chi connectivity index (χ0n) is 5.74. The van der Waals surface area contributed by atoms with E-state index < -0.39 is 11.2 Å². The van der Waals surface area contributed by atoms with Crippen LogP contribution in [0.2, 0.25) is 0 Å². The molecular weight excluding hydrogens is 152 g/mol. The van der Waals surface area contributed by atoms with Crippen molar-refractivity contribution in [2.24, 2.45) is 14.5 Å². The van der Waals surface area contributed by atoms with Crippen molar-refractivity contribution in [3.63, 3.8) is 0 Å². The lowest BCUT2D eigenvalue weighted by molar-refractivity contribution is 0.632. The van der Waals surface area contributed by atoms with Gasteiger partial charge in [0.2, 0.25) is 0 Å². The number of hydrogen-bond acceptors (Lipinski definition) is 3. The fraction of sp³-hybridized carbons (Fsp3) is 0.500. The molecule has 0 radical (unpaired) electrons. The molecule has 1 aliphatic heterocycles. The Labute approximate surface area is 61.4 Å². The number of likely N-dealkylation sites (N-methyl/N-ethyl adjacent to an activating group) is 1. The van der Waals surface area contributed by atoms with Crippen molar-refractivity contribution in [3.8, 4) is 0 Å². The average Bonchev–Trinajstić information content (AvgIpc) is 2.10. The largest absolute Gasteiger partial charge is 0.380 e. The Balaban J connectivity index is 2.90. The molecule has 0 aromatic rings. The highest BCUT2D eigenvalue weighted by atomic mass is 32.2. The molecule has 1 aliphatic rings. The predicted molar refractivity (Wildman–Crippen MR) is 40.9 cm³/mol. The van der Waals surface area contributed by atoms with Crippen LogP contribution >= 0.6 is 0 Å². The first-order chi connectivity index (χ1) is 4.61. The first-order valence-corrected chi connectivity index (χ1v) is 3.70. The van der Waals surface area contributed by atoms with Gasteiger partial charge < -0.3 is 10.6 Å². The van der Waals surface area contributed by atoms with Crippen LogP contribution in [0.5, 0.6) is 0 Å². The van der Waals surface area contributed by atoms with Crippen LogP contribution in [0.15, 0.2) is 8.80 Å². The van der Waals surface area contributed by atoms with Crippen LogP contribution in [0.25, 0.3) is 0 Å². The lowest BCUT2D eigenvalue weighted by atomic mass is 10.5. The molecule has 1 atom stereocenters. The summed E-state index contributed by atoms with van der Waals surface area (Å²) in [5.41, 5.74) is 5.35. The molecule has 56 valence electrons. The van der Waals surface area contributed by atoms with Gasteiger partial charge in [-0.2, -0.15) is 0 Å². The van der Waals surface area contributed by atoms with Gasteiger partial charge in [-0.15, -0.1) is 8.80 Å². The van der Waals surface area contributed by atoms with Gasteiger partial charge in [0.15, 0.2) is 11.7 Å². The van der Waals surface area contributed by atoms with Gasteiger partial charge in [-0.05, 0) is 0 Å². The molecule has 0 aromatic carbocycles. The zero-order valence-corrected chi connectivity index (χ0v) is 6.55. The van der Waals surface area contributed by atoms with Crippen LogP contribution in [-0.4, -0.2) is 34.9 Å².